The molecule has 0 aromatic heterocycles. The second-order valence-electron chi connectivity index (χ2n) is 10.1. The summed E-state index contributed by atoms with van der Waals surface area (Å²) in [7, 11) is 4.29. The lowest BCUT2D eigenvalue weighted by Gasteiger charge is -2.14. The van der Waals surface area contributed by atoms with Gasteiger partial charge in [-0.25, -0.2) is 4.79 Å². The van der Waals surface area contributed by atoms with Gasteiger partial charge in [0, 0.05) is 18.2 Å². The smallest absolute Gasteiger partial charge is 0.360 e. The molecule has 4 aromatic rings. The van der Waals surface area contributed by atoms with E-state index in [9.17, 15) is 9.59 Å². The van der Waals surface area contributed by atoms with Crippen molar-refractivity contribution in [1.82, 2.24) is 5.32 Å². The first-order valence-electron chi connectivity index (χ1n) is 14.4. The van der Waals surface area contributed by atoms with E-state index in [2.05, 4.69) is 23.1 Å². The lowest BCUT2D eigenvalue weighted by Crippen LogP contribution is -2.19. The van der Waals surface area contributed by atoms with Crippen LogP contribution >= 0.6 is 0 Å². The highest BCUT2D eigenvalue weighted by Gasteiger charge is 2.19. The fraction of sp³-hybridized carbons (Fsp3) is 0.216. The molecule has 0 radical (unpaired) electrons. The Bertz CT molecular complexity index is 1660. The highest BCUT2D eigenvalue weighted by atomic mass is 16.6. The number of hydrogen-bond donors (Lipinski definition) is 1. The lowest BCUT2D eigenvalue weighted by molar-refractivity contribution is -0.132. The van der Waals surface area contributed by atoms with Crippen LogP contribution in [-0.2, 0) is 32.4 Å². The number of nitrogens with zero attached hydrogens (tertiary/aromatic N) is 1. The molecular weight excluding hydrogens is 568 g/mol. The summed E-state index contributed by atoms with van der Waals surface area (Å²) >= 11 is 0. The maximum atomic E-state index is 11.9. The molecule has 0 atom stereocenters. The molecule has 0 aliphatic rings. The number of hydrogen-bond acceptors (Lipinski definition) is 7. The van der Waals surface area contributed by atoms with Crippen molar-refractivity contribution in [3.63, 3.8) is 0 Å². The number of para-hydroxylation sites is 1. The molecule has 8 heteroatoms. The van der Waals surface area contributed by atoms with Gasteiger partial charge in [-0.2, -0.15) is 0 Å². The van der Waals surface area contributed by atoms with Crippen molar-refractivity contribution in [2.45, 2.75) is 34.0 Å². The van der Waals surface area contributed by atoms with Gasteiger partial charge in [-0.05, 0) is 66.3 Å². The first-order chi connectivity index (χ1) is 21.7. The number of esters is 1. The van der Waals surface area contributed by atoms with Crippen LogP contribution in [0.5, 0.6) is 11.5 Å². The highest BCUT2D eigenvalue weighted by molar-refractivity contribution is 6.43. The van der Waals surface area contributed by atoms with Gasteiger partial charge in [-0.3, -0.25) is 4.79 Å². The number of amides is 1. The summed E-state index contributed by atoms with van der Waals surface area (Å²) in [6.07, 6.45) is 0. The molecule has 0 aliphatic heterocycles. The average molecular weight is 609 g/mol. The molecule has 0 bridgehead atoms. The zero-order chi connectivity index (χ0) is 32.8. The minimum atomic E-state index is -0.560. The molecule has 4 rings (SSSR count). The van der Waals surface area contributed by atoms with Gasteiger partial charge in [-0.1, -0.05) is 90.6 Å². The third-order valence-electron chi connectivity index (χ3n) is 6.88. The van der Waals surface area contributed by atoms with E-state index in [4.69, 9.17) is 19.0 Å². The molecule has 1 N–H and O–H groups in total. The highest BCUT2D eigenvalue weighted by Crippen LogP contribution is 2.24. The van der Waals surface area contributed by atoms with Crippen LogP contribution < -0.4 is 14.8 Å². The van der Waals surface area contributed by atoms with Gasteiger partial charge >= 0.3 is 5.97 Å². The minimum absolute atomic E-state index is 0.110. The van der Waals surface area contributed by atoms with Crippen LogP contribution in [0.2, 0.25) is 0 Å². The van der Waals surface area contributed by atoms with Gasteiger partial charge in [0.15, 0.2) is 5.71 Å². The number of aryl methyl sites for hydroxylation is 3. The van der Waals surface area contributed by atoms with Crippen LogP contribution in [-0.4, -0.2) is 38.9 Å². The molecule has 0 saturated heterocycles. The van der Waals surface area contributed by atoms with Crippen LogP contribution in [0, 0.1) is 20.8 Å². The quantitative estimate of drug-likeness (QED) is 0.0877. The Morgan fingerprint density at radius 1 is 0.733 bits per heavy atom. The molecule has 0 fully saturated rings. The van der Waals surface area contributed by atoms with Gasteiger partial charge in [0.05, 0.1) is 7.11 Å². The van der Waals surface area contributed by atoms with Crippen molar-refractivity contribution in [2.75, 3.05) is 21.3 Å². The number of nitrogens with one attached hydrogen (secondary N) is 1. The predicted octanol–water partition coefficient (Wildman–Crippen LogP) is 6.74. The molecule has 0 heterocycles. The van der Waals surface area contributed by atoms with Gasteiger partial charge in [-0.15, -0.1) is 0 Å². The summed E-state index contributed by atoms with van der Waals surface area (Å²) < 4.78 is 16.6. The average Bonchev–Trinajstić information content (AvgIpc) is 3.06. The van der Waals surface area contributed by atoms with E-state index in [0.717, 1.165) is 44.9 Å². The number of carbonyl (C=O) groups excluding carboxylic acids is 2. The summed E-state index contributed by atoms with van der Waals surface area (Å²) in [6.45, 7) is 10.6. The molecule has 0 aliphatic carbocycles. The summed E-state index contributed by atoms with van der Waals surface area (Å²) in [4.78, 5) is 28.5. The SMILES string of the molecule is C=C(C(=O)NC)c1ccccc1COc1cc(C)ccc1C.CO/N=C(\C(=O)OC)c1ccccc1COc1ccccc1C. The van der Waals surface area contributed by atoms with Gasteiger partial charge in [0.2, 0.25) is 0 Å². The second kappa shape index (κ2) is 17.1. The normalized spacial score (nSPS) is 10.6. The minimum Gasteiger partial charge on any atom is -0.489 e. The zero-order valence-electron chi connectivity index (χ0n) is 26.7. The fourth-order valence-corrected chi connectivity index (χ4v) is 4.37. The van der Waals surface area contributed by atoms with Crippen molar-refractivity contribution < 1.29 is 28.6 Å². The number of oxime groups is 1. The Hall–Kier alpha value is -5.37. The lowest BCUT2D eigenvalue weighted by atomic mass is 10.0. The van der Waals surface area contributed by atoms with Crippen LogP contribution in [0.4, 0.5) is 0 Å². The van der Waals surface area contributed by atoms with E-state index in [0.29, 0.717) is 24.4 Å². The Balaban J connectivity index is 0.000000246. The summed E-state index contributed by atoms with van der Waals surface area (Å²) in [6, 6.07) is 28.9. The second-order valence-corrected chi connectivity index (χ2v) is 10.1. The molecule has 4 aromatic carbocycles. The number of likely N-dealkylation sites (N-methyl/N-ethyl adjacent to an activating group) is 1. The van der Waals surface area contributed by atoms with Crippen molar-refractivity contribution in [2.24, 2.45) is 5.16 Å². The summed E-state index contributed by atoms with van der Waals surface area (Å²) in [5.74, 6) is 0.917. The molecular formula is C37H40N2O6. The van der Waals surface area contributed by atoms with E-state index >= 15 is 0 Å². The van der Waals surface area contributed by atoms with Gasteiger partial charge in [0.25, 0.3) is 5.91 Å². The number of benzene rings is 4. The van der Waals surface area contributed by atoms with Gasteiger partial charge in [0.1, 0.15) is 31.8 Å². The van der Waals surface area contributed by atoms with Crippen LogP contribution in [0.3, 0.4) is 0 Å². The monoisotopic (exact) mass is 608 g/mol. The largest absolute Gasteiger partial charge is 0.489 e. The number of ether oxygens (including phenoxy) is 3. The van der Waals surface area contributed by atoms with E-state index in [1.54, 1.807) is 13.1 Å². The first kappa shape index (κ1) is 34.1. The summed E-state index contributed by atoms with van der Waals surface area (Å²) in [5.41, 5.74) is 7.04. The fourth-order valence-electron chi connectivity index (χ4n) is 4.37. The Labute approximate surface area is 265 Å². The molecule has 0 spiro atoms. The van der Waals surface area contributed by atoms with Crippen molar-refractivity contribution in [3.05, 3.63) is 137 Å². The zero-order valence-corrected chi connectivity index (χ0v) is 26.7. The number of methoxy groups -OCH3 is 1. The Kier molecular flexibility index (Phi) is 12.9. The summed E-state index contributed by atoms with van der Waals surface area (Å²) in [5, 5.41) is 6.39. The third-order valence-corrected chi connectivity index (χ3v) is 6.88. The Morgan fingerprint density at radius 3 is 1.91 bits per heavy atom. The molecule has 8 nitrogen and oxygen atoms in total. The van der Waals surface area contributed by atoms with Crippen LogP contribution in [0.1, 0.15) is 38.9 Å². The van der Waals surface area contributed by atoms with Crippen molar-refractivity contribution in [3.8, 4) is 11.5 Å². The van der Waals surface area contributed by atoms with Gasteiger partial charge < -0.3 is 24.4 Å². The number of rotatable bonds is 11. The molecule has 0 saturated carbocycles. The molecule has 0 unspecified atom stereocenters. The third kappa shape index (κ3) is 9.56. The topological polar surface area (TPSA) is 95.5 Å². The maximum absolute atomic E-state index is 11.9. The van der Waals surface area contributed by atoms with Crippen LogP contribution in [0.15, 0.2) is 103 Å². The molecule has 234 valence electrons. The van der Waals surface area contributed by atoms with E-state index in [1.165, 1.54) is 14.2 Å². The van der Waals surface area contributed by atoms with E-state index in [1.807, 2.05) is 99.6 Å². The van der Waals surface area contributed by atoms with Crippen LogP contribution in [0.25, 0.3) is 5.57 Å². The molecule has 1 amide bonds. The standard InChI is InChI=1S/C19H21NO2.C18H19NO4/c1-13-9-10-14(2)18(11-13)22-12-16-7-5-6-8-17(16)15(3)19(21)20-4;1-13-8-4-7-11-16(13)23-12-14-9-5-6-10-15(14)17(19-22-3)18(20)21-2/h5-11H,3,12H2,1-2,4H3,(H,20,21);4-11H,12H2,1-3H3/b;19-17-. The predicted molar refractivity (Wildman–Crippen MR) is 177 cm³/mol. The maximum Gasteiger partial charge on any atom is 0.360 e. The van der Waals surface area contributed by atoms with E-state index < -0.39 is 5.97 Å². The number of carbonyl (C=O) groups is 2. The van der Waals surface area contributed by atoms with Crippen molar-refractivity contribution >= 4 is 23.2 Å². The first-order valence-corrected chi connectivity index (χ1v) is 14.4. The molecule has 45 heavy (non-hydrogen) atoms. The Morgan fingerprint density at radius 2 is 1.29 bits per heavy atom. The van der Waals surface area contributed by atoms with Crippen molar-refractivity contribution in [1.29, 1.82) is 0 Å². The van der Waals surface area contributed by atoms with E-state index in [-0.39, 0.29) is 11.6 Å².